The van der Waals surface area contributed by atoms with Crippen LogP contribution in [0.2, 0.25) is 5.02 Å². The molecule has 0 saturated heterocycles. The van der Waals surface area contributed by atoms with E-state index in [0.29, 0.717) is 5.88 Å². The standard InChI is InChI=1S/C21H15ClN4O3S/c22-18-11-17(26-30(27,28)21(14-23)8-4-1-5-9-21)13-25-20(18)29-19-10-15-6-2-3-7-16(15)12-24-19/h1-8,10-13,26H,9H2. The Balaban J connectivity index is 1.56. The van der Waals surface area contributed by atoms with Crippen molar-refractivity contribution in [1.82, 2.24) is 9.97 Å². The van der Waals surface area contributed by atoms with E-state index in [1.165, 1.54) is 24.4 Å². The zero-order valence-electron chi connectivity index (χ0n) is 15.5. The molecule has 7 nitrogen and oxygen atoms in total. The summed E-state index contributed by atoms with van der Waals surface area (Å²) in [7, 11) is -4.06. The molecule has 2 aromatic heterocycles. The van der Waals surface area contributed by atoms with Crippen LogP contribution < -0.4 is 9.46 Å². The molecule has 0 amide bonds. The Kier molecular flexibility index (Phi) is 5.16. The lowest BCUT2D eigenvalue weighted by Crippen LogP contribution is -2.39. The summed E-state index contributed by atoms with van der Waals surface area (Å²) in [6, 6.07) is 12.7. The molecule has 3 aromatic rings. The molecule has 0 saturated carbocycles. The summed E-state index contributed by atoms with van der Waals surface area (Å²) in [6.07, 6.45) is 9.20. The van der Waals surface area contributed by atoms with Gasteiger partial charge in [-0.2, -0.15) is 5.26 Å². The molecule has 0 radical (unpaired) electrons. The highest BCUT2D eigenvalue weighted by atomic mass is 35.5. The first kappa shape index (κ1) is 19.9. The van der Waals surface area contributed by atoms with Gasteiger partial charge in [-0.3, -0.25) is 4.72 Å². The van der Waals surface area contributed by atoms with Crippen molar-refractivity contribution in [2.75, 3.05) is 4.72 Å². The van der Waals surface area contributed by atoms with Gasteiger partial charge in [0.25, 0.3) is 10.0 Å². The molecule has 4 rings (SSSR count). The maximum atomic E-state index is 12.8. The number of nitrogens with zero attached hydrogens (tertiary/aromatic N) is 3. The number of sulfonamides is 1. The first-order chi connectivity index (χ1) is 14.4. The van der Waals surface area contributed by atoms with Crippen molar-refractivity contribution in [3.8, 4) is 17.8 Å². The second kappa shape index (κ2) is 7.78. The number of ether oxygens (including phenoxy) is 1. The molecular formula is C21H15ClN4O3S. The SMILES string of the molecule is N#CC1(S(=O)(=O)Nc2cnc(Oc3cc4ccccc4cn3)c(Cl)c2)C=CC=CC1. The first-order valence-electron chi connectivity index (χ1n) is 8.89. The van der Waals surface area contributed by atoms with Gasteiger partial charge < -0.3 is 4.74 Å². The number of allylic oxidation sites excluding steroid dienone is 3. The average Bonchev–Trinajstić information content (AvgIpc) is 2.75. The smallest absolute Gasteiger partial charge is 0.256 e. The Morgan fingerprint density at radius 1 is 1.13 bits per heavy atom. The Bertz CT molecular complexity index is 1330. The molecule has 0 fully saturated rings. The Hall–Kier alpha value is -3.41. The van der Waals surface area contributed by atoms with Crippen molar-refractivity contribution >= 4 is 38.1 Å². The average molecular weight is 439 g/mol. The lowest BCUT2D eigenvalue weighted by atomic mass is 10.0. The van der Waals surface area contributed by atoms with Crippen molar-refractivity contribution < 1.29 is 13.2 Å². The predicted molar refractivity (Wildman–Crippen MR) is 115 cm³/mol. The van der Waals surface area contributed by atoms with Crippen LogP contribution in [0.4, 0.5) is 5.69 Å². The second-order valence-corrected chi connectivity index (χ2v) is 8.93. The number of anilines is 1. The van der Waals surface area contributed by atoms with Gasteiger partial charge in [0.2, 0.25) is 11.8 Å². The van der Waals surface area contributed by atoms with Crippen LogP contribution in [0.5, 0.6) is 11.8 Å². The Labute approximate surface area is 178 Å². The third kappa shape index (κ3) is 3.73. The van der Waals surface area contributed by atoms with Crippen LogP contribution in [0.15, 0.2) is 73.1 Å². The van der Waals surface area contributed by atoms with Crippen molar-refractivity contribution in [3.05, 3.63) is 78.1 Å². The van der Waals surface area contributed by atoms with Crippen LogP contribution in [0.3, 0.4) is 0 Å². The fourth-order valence-corrected chi connectivity index (χ4v) is 4.47. The number of nitrogens with one attached hydrogen (secondary N) is 1. The molecule has 1 unspecified atom stereocenters. The summed E-state index contributed by atoms with van der Waals surface area (Å²) >= 11 is 6.24. The van der Waals surface area contributed by atoms with Gasteiger partial charge in [-0.25, -0.2) is 18.4 Å². The van der Waals surface area contributed by atoms with Crippen molar-refractivity contribution in [3.63, 3.8) is 0 Å². The van der Waals surface area contributed by atoms with Gasteiger partial charge >= 0.3 is 0 Å². The zero-order chi connectivity index (χ0) is 21.2. The predicted octanol–water partition coefficient (Wildman–Crippen LogP) is 4.60. The van der Waals surface area contributed by atoms with Crippen molar-refractivity contribution in [2.45, 2.75) is 11.2 Å². The molecule has 1 aromatic carbocycles. The molecule has 1 aliphatic carbocycles. The maximum absolute atomic E-state index is 12.8. The minimum absolute atomic E-state index is 0.0469. The van der Waals surface area contributed by atoms with E-state index in [0.717, 1.165) is 10.8 Å². The minimum atomic E-state index is -4.06. The van der Waals surface area contributed by atoms with E-state index >= 15 is 0 Å². The van der Waals surface area contributed by atoms with Crippen molar-refractivity contribution in [1.29, 1.82) is 5.26 Å². The van der Waals surface area contributed by atoms with E-state index in [-0.39, 0.29) is 23.0 Å². The van der Waals surface area contributed by atoms with Crippen LogP contribution in [-0.4, -0.2) is 23.1 Å². The van der Waals surface area contributed by atoms with E-state index < -0.39 is 14.8 Å². The second-order valence-electron chi connectivity index (χ2n) is 6.58. The van der Waals surface area contributed by atoms with Gasteiger partial charge in [0, 0.05) is 24.1 Å². The van der Waals surface area contributed by atoms with Crippen LogP contribution in [0, 0.1) is 11.3 Å². The molecule has 30 heavy (non-hydrogen) atoms. The lowest BCUT2D eigenvalue weighted by molar-refractivity contribution is 0.446. The summed E-state index contributed by atoms with van der Waals surface area (Å²) < 4.78 is 31.9. The van der Waals surface area contributed by atoms with Crippen LogP contribution >= 0.6 is 11.6 Å². The molecule has 0 bridgehead atoms. The fourth-order valence-electron chi connectivity index (χ4n) is 2.96. The number of fused-ring (bicyclic) bond motifs is 1. The van der Waals surface area contributed by atoms with Gasteiger partial charge in [-0.05, 0) is 17.5 Å². The number of nitriles is 1. The van der Waals surface area contributed by atoms with E-state index in [2.05, 4.69) is 14.7 Å². The van der Waals surface area contributed by atoms with Gasteiger partial charge in [0.1, 0.15) is 5.02 Å². The maximum Gasteiger partial charge on any atom is 0.256 e. The molecule has 150 valence electrons. The van der Waals surface area contributed by atoms with Gasteiger partial charge in [-0.15, -0.1) is 0 Å². The third-order valence-electron chi connectivity index (χ3n) is 4.57. The summed E-state index contributed by atoms with van der Waals surface area (Å²) in [5.74, 6) is 0.386. The number of rotatable bonds is 5. The number of pyridine rings is 2. The minimum Gasteiger partial charge on any atom is -0.419 e. The number of benzene rings is 1. The molecular weight excluding hydrogens is 424 g/mol. The van der Waals surface area contributed by atoms with Crippen molar-refractivity contribution in [2.24, 2.45) is 0 Å². The fraction of sp³-hybridized carbons (Fsp3) is 0.0952. The summed E-state index contributed by atoms with van der Waals surface area (Å²) in [5.41, 5.74) is 0.122. The van der Waals surface area contributed by atoms with Gasteiger partial charge in [0.05, 0.1) is 18.0 Å². The van der Waals surface area contributed by atoms with E-state index in [1.54, 1.807) is 24.4 Å². The van der Waals surface area contributed by atoms with Gasteiger partial charge in [0.15, 0.2) is 4.75 Å². The lowest BCUT2D eigenvalue weighted by Gasteiger charge is -2.24. The molecule has 9 heteroatoms. The number of hydrogen-bond donors (Lipinski definition) is 1. The molecule has 1 N–H and O–H groups in total. The van der Waals surface area contributed by atoms with Crippen LogP contribution in [0.25, 0.3) is 10.8 Å². The van der Waals surface area contributed by atoms with E-state index in [9.17, 15) is 13.7 Å². The number of halogens is 1. The Morgan fingerprint density at radius 3 is 2.63 bits per heavy atom. The quantitative estimate of drug-likeness (QED) is 0.624. The zero-order valence-corrected chi connectivity index (χ0v) is 17.1. The monoisotopic (exact) mass is 438 g/mol. The highest BCUT2D eigenvalue weighted by Crippen LogP contribution is 2.32. The highest BCUT2D eigenvalue weighted by Gasteiger charge is 2.42. The van der Waals surface area contributed by atoms with E-state index in [4.69, 9.17) is 16.3 Å². The first-order valence-corrected chi connectivity index (χ1v) is 10.7. The Morgan fingerprint density at radius 2 is 1.93 bits per heavy atom. The number of hydrogen-bond acceptors (Lipinski definition) is 6. The summed E-state index contributed by atoms with van der Waals surface area (Å²) in [4.78, 5) is 8.32. The summed E-state index contributed by atoms with van der Waals surface area (Å²) in [6.45, 7) is 0. The third-order valence-corrected chi connectivity index (χ3v) is 6.70. The van der Waals surface area contributed by atoms with Gasteiger partial charge in [-0.1, -0.05) is 54.1 Å². The van der Waals surface area contributed by atoms with E-state index in [1.807, 2.05) is 30.3 Å². The molecule has 1 aliphatic rings. The molecule has 0 aliphatic heterocycles. The largest absolute Gasteiger partial charge is 0.419 e. The molecule has 1 atom stereocenters. The molecule has 0 spiro atoms. The summed E-state index contributed by atoms with van der Waals surface area (Å²) in [5, 5.41) is 11.5. The highest BCUT2D eigenvalue weighted by molar-refractivity contribution is 7.94. The van der Waals surface area contributed by atoms with Crippen LogP contribution in [0.1, 0.15) is 6.42 Å². The molecule has 2 heterocycles. The van der Waals surface area contributed by atoms with Crippen LogP contribution in [-0.2, 0) is 10.0 Å². The normalized spacial score (nSPS) is 18.1. The number of aromatic nitrogens is 2. The topological polar surface area (TPSA) is 105 Å².